The standard InChI is InChI=1S/C15H18BrN3O/c16-8-10-18(12-5-1-2-6-12)15(20)13-11-17-19-9-4-3-7-14(13)19/h3-4,7,9,11-12H,1-2,5-6,8,10H2. The third kappa shape index (κ3) is 2.46. The molecule has 4 nitrogen and oxygen atoms in total. The van der Waals surface area contributed by atoms with Gasteiger partial charge in [-0.25, -0.2) is 4.52 Å². The molecule has 0 aromatic carbocycles. The van der Waals surface area contributed by atoms with E-state index >= 15 is 0 Å². The summed E-state index contributed by atoms with van der Waals surface area (Å²) in [6, 6.07) is 6.19. The van der Waals surface area contributed by atoms with Crippen molar-refractivity contribution < 1.29 is 4.79 Å². The fourth-order valence-corrected chi connectivity index (χ4v) is 3.39. The van der Waals surface area contributed by atoms with E-state index in [1.165, 1.54) is 12.8 Å². The van der Waals surface area contributed by atoms with Crippen LogP contribution in [-0.2, 0) is 0 Å². The molecule has 2 aromatic rings. The third-order valence-electron chi connectivity index (χ3n) is 4.01. The second-order valence-corrected chi connectivity index (χ2v) is 6.01. The molecule has 1 aliphatic carbocycles. The van der Waals surface area contributed by atoms with Gasteiger partial charge in [-0.15, -0.1) is 0 Å². The van der Waals surface area contributed by atoms with Crippen LogP contribution in [0.3, 0.4) is 0 Å². The molecule has 2 aromatic heterocycles. The van der Waals surface area contributed by atoms with E-state index in [2.05, 4.69) is 21.0 Å². The van der Waals surface area contributed by atoms with Crippen LogP contribution in [0.15, 0.2) is 30.6 Å². The molecule has 20 heavy (non-hydrogen) atoms. The second kappa shape index (κ2) is 5.95. The van der Waals surface area contributed by atoms with E-state index in [-0.39, 0.29) is 5.91 Å². The molecule has 0 unspecified atom stereocenters. The van der Waals surface area contributed by atoms with Crippen molar-refractivity contribution in [1.29, 1.82) is 0 Å². The maximum Gasteiger partial charge on any atom is 0.257 e. The average molecular weight is 336 g/mol. The molecule has 0 radical (unpaired) electrons. The smallest absolute Gasteiger partial charge is 0.257 e. The average Bonchev–Trinajstić information content (AvgIpc) is 3.13. The molecule has 0 bridgehead atoms. The first-order valence-electron chi connectivity index (χ1n) is 7.10. The van der Waals surface area contributed by atoms with Crippen LogP contribution >= 0.6 is 15.9 Å². The van der Waals surface area contributed by atoms with Gasteiger partial charge in [0.15, 0.2) is 0 Å². The first-order valence-corrected chi connectivity index (χ1v) is 8.22. The predicted molar refractivity (Wildman–Crippen MR) is 82.3 cm³/mol. The van der Waals surface area contributed by atoms with Crippen LogP contribution in [0.25, 0.3) is 5.52 Å². The van der Waals surface area contributed by atoms with Crippen molar-refractivity contribution in [2.75, 3.05) is 11.9 Å². The van der Waals surface area contributed by atoms with Crippen molar-refractivity contribution in [2.24, 2.45) is 0 Å². The summed E-state index contributed by atoms with van der Waals surface area (Å²) in [5, 5.41) is 5.08. The number of amides is 1. The van der Waals surface area contributed by atoms with Gasteiger partial charge in [0.05, 0.1) is 17.3 Å². The first kappa shape index (κ1) is 13.6. The number of nitrogens with zero attached hydrogens (tertiary/aromatic N) is 3. The number of fused-ring (bicyclic) bond motifs is 1. The molecule has 1 aliphatic rings. The molecule has 0 saturated heterocycles. The minimum Gasteiger partial charge on any atom is -0.335 e. The lowest BCUT2D eigenvalue weighted by atomic mass is 10.1. The van der Waals surface area contributed by atoms with Crippen LogP contribution in [-0.4, -0.2) is 38.3 Å². The van der Waals surface area contributed by atoms with E-state index in [0.717, 1.165) is 30.2 Å². The summed E-state index contributed by atoms with van der Waals surface area (Å²) in [6.07, 6.45) is 8.26. The van der Waals surface area contributed by atoms with Crippen molar-refractivity contribution in [3.8, 4) is 0 Å². The second-order valence-electron chi connectivity index (χ2n) is 5.21. The number of aromatic nitrogens is 2. The summed E-state index contributed by atoms with van der Waals surface area (Å²) in [5.74, 6) is 0.109. The highest BCUT2D eigenvalue weighted by atomic mass is 79.9. The van der Waals surface area contributed by atoms with Gasteiger partial charge in [-0.3, -0.25) is 4.79 Å². The molecule has 1 fully saturated rings. The first-order chi connectivity index (χ1) is 9.81. The Labute approximate surface area is 126 Å². The molecule has 0 spiro atoms. The third-order valence-corrected chi connectivity index (χ3v) is 4.36. The quantitative estimate of drug-likeness (QED) is 0.805. The predicted octanol–water partition coefficient (Wildman–Crippen LogP) is 3.11. The fraction of sp³-hybridized carbons (Fsp3) is 0.467. The van der Waals surface area contributed by atoms with Crippen molar-refractivity contribution >= 4 is 27.4 Å². The largest absolute Gasteiger partial charge is 0.335 e. The number of carbonyl (C=O) groups excluding carboxylic acids is 1. The zero-order valence-electron chi connectivity index (χ0n) is 11.3. The van der Waals surface area contributed by atoms with Crippen molar-refractivity contribution in [2.45, 2.75) is 31.7 Å². The number of carbonyl (C=O) groups is 1. The highest BCUT2D eigenvalue weighted by molar-refractivity contribution is 9.09. The molecule has 2 heterocycles. The van der Waals surface area contributed by atoms with Gasteiger partial charge in [0.1, 0.15) is 0 Å². The summed E-state index contributed by atoms with van der Waals surface area (Å²) in [6.45, 7) is 0.758. The van der Waals surface area contributed by atoms with Gasteiger partial charge in [0.2, 0.25) is 0 Å². The van der Waals surface area contributed by atoms with Gasteiger partial charge >= 0.3 is 0 Å². The topological polar surface area (TPSA) is 37.6 Å². The lowest BCUT2D eigenvalue weighted by molar-refractivity contribution is 0.0698. The van der Waals surface area contributed by atoms with E-state index in [4.69, 9.17) is 0 Å². The monoisotopic (exact) mass is 335 g/mol. The molecule has 3 rings (SSSR count). The van der Waals surface area contributed by atoms with Gasteiger partial charge < -0.3 is 4.90 Å². The number of hydrogen-bond acceptors (Lipinski definition) is 2. The Morgan fingerprint density at radius 3 is 2.95 bits per heavy atom. The molecule has 106 valence electrons. The van der Waals surface area contributed by atoms with Crippen LogP contribution < -0.4 is 0 Å². The van der Waals surface area contributed by atoms with E-state index in [9.17, 15) is 4.79 Å². The van der Waals surface area contributed by atoms with Gasteiger partial charge in [-0.2, -0.15) is 5.10 Å². The van der Waals surface area contributed by atoms with Crippen LogP contribution in [0, 0.1) is 0 Å². The number of halogens is 1. The molecular formula is C15H18BrN3O. The zero-order valence-corrected chi connectivity index (χ0v) is 12.9. The SMILES string of the molecule is O=C(c1cnn2ccccc12)N(CCBr)C1CCCC1. The van der Waals surface area contributed by atoms with Crippen molar-refractivity contribution in [1.82, 2.24) is 14.5 Å². The van der Waals surface area contributed by atoms with E-state index < -0.39 is 0 Å². The van der Waals surface area contributed by atoms with E-state index in [1.807, 2.05) is 29.3 Å². The van der Waals surface area contributed by atoms with E-state index in [0.29, 0.717) is 11.6 Å². The zero-order chi connectivity index (χ0) is 13.9. The van der Waals surface area contributed by atoms with Crippen molar-refractivity contribution in [3.05, 3.63) is 36.2 Å². The molecule has 5 heteroatoms. The highest BCUT2D eigenvalue weighted by Gasteiger charge is 2.28. The van der Waals surface area contributed by atoms with Gasteiger partial charge in [0, 0.05) is 24.1 Å². The van der Waals surface area contributed by atoms with Crippen LogP contribution in [0.1, 0.15) is 36.0 Å². The van der Waals surface area contributed by atoms with Crippen LogP contribution in [0.4, 0.5) is 0 Å². The Hall–Kier alpha value is -1.36. The highest BCUT2D eigenvalue weighted by Crippen LogP contribution is 2.25. The fourth-order valence-electron chi connectivity index (χ4n) is 3.01. The minimum atomic E-state index is 0.109. The Kier molecular flexibility index (Phi) is 4.05. The van der Waals surface area contributed by atoms with Gasteiger partial charge in [-0.1, -0.05) is 34.8 Å². The molecule has 1 saturated carbocycles. The summed E-state index contributed by atoms with van der Waals surface area (Å²) >= 11 is 3.46. The van der Waals surface area contributed by atoms with E-state index in [1.54, 1.807) is 10.7 Å². The summed E-state index contributed by atoms with van der Waals surface area (Å²) < 4.78 is 1.76. The van der Waals surface area contributed by atoms with Gasteiger partial charge in [-0.05, 0) is 25.0 Å². The Bertz CT molecular complexity index is 604. The summed E-state index contributed by atoms with van der Waals surface area (Å²) in [4.78, 5) is 14.9. The van der Waals surface area contributed by atoms with Gasteiger partial charge in [0.25, 0.3) is 5.91 Å². The number of pyridine rings is 1. The number of alkyl halides is 1. The van der Waals surface area contributed by atoms with Crippen molar-refractivity contribution in [3.63, 3.8) is 0 Å². The maximum absolute atomic E-state index is 12.8. The lowest BCUT2D eigenvalue weighted by Crippen LogP contribution is -2.40. The Balaban J connectivity index is 1.92. The Morgan fingerprint density at radius 2 is 2.20 bits per heavy atom. The number of hydrogen-bond donors (Lipinski definition) is 0. The molecule has 0 aliphatic heterocycles. The Morgan fingerprint density at radius 1 is 1.40 bits per heavy atom. The molecular weight excluding hydrogens is 318 g/mol. The minimum absolute atomic E-state index is 0.109. The van der Waals surface area contributed by atoms with Crippen LogP contribution in [0.2, 0.25) is 0 Å². The lowest BCUT2D eigenvalue weighted by Gasteiger charge is -2.28. The molecule has 0 atom stereocenters. The maximum atomic E-state index is 12.8. The summed E-state index contributed by atoms with van der Waals surface area (Å²) in [7, 11) is 0. The van der Waals surface area contributed by atoms with Crippen LogP contribution in [0.5, 0.6) is 0 Å². The molecule has 0 N–H and O–H groups in total. The summed E-state index contributed by atoms with van der Waals surface area (Å²) in [5.41, 5.74) is 1.59. The number of rotatable bonds is 4. The normalized spacial score (nSPS) is 15.8. The molecule has 1 amide bonds.